The van der Waals surface area contributed by atoms with E-state index < -0.39 is 0 Å². The molecule has 1 aromatic heterocycles. The monoisotopic (exact) mass is 308 g/mol. The molecule has 2 rings (SSSR count). The maximum Gasteiger partial charge on any atom is 0.306 e. The highest BCUT2D eigenvalue weighted by Gasteiger charge is 2.33. The minimum absolute atomic E-state index is 0.0631. The van der Waals surface area contributed by atoms with Gasteiger partial charge in [-0.15, -0.1) is 0 Å². The fraction of sp³-hybridized carbons (Fsp3) is 0.765. The maximum atomic E-state index is 12.1. The summed E-state index contributed by atoms with van der Waals surface area (Å²) >= 11 is 0. The minimum atomic E-state index is -0.137. The average molecular weight is 308 g/mol. The number of ether oxygens (including phenoxy) is 1. The van der Waals surface area contributed by atoms with Gasteiger partial charge >= 0.3 is 5.97 Å². The summed E-state index contributed by atoms with van der Waals surface area (Å²) in [6, 6.07) is 1.80. The summed E-state index contributed by atoms with van der Waals surface area (Å²) in [5.41, 5.74) is 6.23. The molecule has 0 aromatic carbocycles. The van der Waals surface area contributed by atoms with E-state index in [0.29, 0.717) is 42.9 Å². The average Bonchev–Trinajstić information content (AvgIpc) is 2.93. The number of aryl methyl sites for hydroxylation is 1. The first kappa shape index (κ1) is 17.0. The lowest BCUT2D eigenvalue weighted by Crippen LogP contribution is -2.35. The number of rotatable bonds is 6. The Bertz CT molecular complexity index is 484. The summed E-state index contributed by atoms with van der Waals surface area (Å²) < 4.78 is 10.8. The molecule has 22 heavy (non-hydrogen) atoms. The van der Waals surface area contributed by atoms with E-state index in [1.165, 1.54) is 6.42 Å². The highest BCUT2D eigenvalue weighted by Crippen LogP contribution is 2.35. The van der Waals surface area contributed by atoms with Gasteiger partial charge in [0.15, 0.2) is 5.76 Å². The molecule has 3 unspecified atom stereocenters. The molecule has 2 N–H and O–H groups in total. The van der Waals surface area contributed by atoms with Crippen LogP contribution in [0.2, 0.25) is 0 Å². The lowest BCUT2D eigenvalue weighted by atomic mass is 9.75. The van der Waals surface area contributed by atoms with Crippen LogP contribution in [0.5, 0.6) is 0 Å². The van der Waals surface area contributed by atoms with Crippen molar-refractivity contribution in [1.82, 2.24) is 5.16 Å². The van der Waals surface area contributed by atoms with Gasteiger partial charge in [-0.3, -0.25) is 4.79 Å². The molecule has 1 heterocycles. The molecule has 0 bridgehead atoms. The van der Waals surface area contributed by atoms with Gasteiger partial charge in [0, 0.05) is 12.5 Å². The van der Waals surface area contributed by atoms with Gasteiger partial charge in [-0.1, -0.05) is 32.3 Å². The first-order valence-electron chi connectivity index (χ1n) is 8.33. The molecule has 1 saturated carbocycles. The van der Waals surface area contributed by atoms with Gasteiger partial charge in [0.2, 0.25) is 0 Å². The Morgan fingerprint density at radius 2 is 2.27 bits per heavy atom. The van der Waals surface area contributed by atoms with Gasteiger partial charge in [-0.2, -0.15) is 0 Å². The Hall–Kier alpha value is -1.36. The van der Waals surface area contributed by atoms with Crippen molar-refractivity contribution in [3.63, 3.8) is 0 Å². The van der Waals surface area contributed by atoms with Crippen molar-refractivity contribution in [2.75, 3.05) is 0 Å². The standard InChI is InChI=1S/C17H28N2O3/c1-11(2)15-6-4-12(3)8-16(15)21-17(20)7-5-13-9-14(10-18)22-19-13/h9,11-12,15-16H,4-8,10,18H2,1-3H3. The van der Waals surface area contributed by atoms with Crippen molar-refractivity contribution < 1.29 is 14.1 Å². The molecule has 0 spiro atoms. The molecule has 1 aliphatic carbocycles. The van der Waals surface area contributed by atoms with Crippen molar-refractivity contribution in [2.45, 2.75) is 65.5 Å². The van der Waals surface area contributed by atoms with E-state index in [4.69, 9.17) is 15.0 Å². The van der Waals surface area contributed by atoms with Gasteiger partial charge in [0.25, 0.3) is 0 Å². The molecule has 3 atom stereocenters. The third-order valence-corrected chi connectivity index (χ3v) is 4.64. The lowest BCUT2D eigenvalue weighted by molar-refractivity contribution is -0.155. The molecule has 5 nitrogen and oxygen atoms in total. The summed E-state index contributed by atoms with van der Waals surface area (Å²) in [6.07, 6.45) is 4.31. The zero-order chi connectivity index (χ0) is 16.1. The Morgan fingerprint density at radius 3 is 2.91 bits per heavy atom. The van der Waals surface area contributed by atoms with Gasteiger partial charge < -0.3 is 15.0 Å². The van der Waals surface area contributed by atoms with Crippen LogP contribution in [-0.4, -0.2) is 17.2 Å². The van der Waals surface area contributed by atoms with Crippen molar-refractivity contribution in [3.8, 4) is 0 Å². The van der Waals surface area contributed by atoms with Crippen molar-refractivity contribution in [1.29, 1.82) is 0 Å². The Balaban J connectivity index is 1.84. The topological polar surface area (TPSA) is 78.4 Å². The van der Waals surface area contributed by atoms with Crippen LogP contribution in [0.25, 0.3) is 0 Å². The van der Waals surface area contributed by atoms with Crippen LogP contribution in [0, 0.1) is 17.8 Å². The highest BCUT2D eigenvalue weighted by molar-refractivity contribution is 5.69. The van der Waals surface area contributed by atoms with Gasteiger partial charge in [0.05, 0.1) is 18.7 Å². The predicted octanol–water partition coefficient (Wildman–Crippen LogP) is 3.07. The predicted molar refractivity (Wildman–Crippen MR) is 83.9 cm³/mol. The summed E-state index contributed by atoms with van der Waals surface area (Å²) in [4.78, 5) is 12.1. The van der Waals surface area contributed by atoms with Gasteiger partial charge in [-0.05, 0) is 30.6 Å². The number of esters is 1. The fourth-order valence-electron chi connectivity index (χ4n) is 3.28. The van der Waals surface area contributed by atoms with E-state index in [1.54, 1.807) is 6.07 Å². The van der Waals surface area contributed by atoms with E-state index >= 15 is 0 Å². The van der Waals surface area contributed by atoms with Crippen molar-refractivity contribution in [2.24, 2.45) is 23.5 Å². The summed E-state index contributed by atoms with van der Waals surface area (Å²) in [6.45, 7) is 6.99. The largest absolute Gasteiger partial charge is 0.462 e. The summed E-state index contributed by atoms with van der Waals surface area (Å²) in [7, 11) is 0. The molecule has 0 amide bonds. The molecule has 0 radical (unpaired) electrons. The number of nitrogens with two attached hydrogens (primary N) is 1. The van der Waals surface area contributed by atoms with Gasteiger partial charge in [0.1, 0.15) is 6.10 Å². The molecule has 5 heteroatoms. The summed E-state index contributed by atoms with van der Waals surface area (Å²) in [5, 5.41) is 3.90. The Labute approximate surface area is 132 Å². The molecule has 1 aromatic rings. The van der Waals surface area contributed by atoms with E-state index in [1.807, 2.05) is 0 Å². The molecule has 124 valence electrons. The highest BCUT2D eigenvalue weighted by atomic mass is 16.5. The number of carbonyl (C=O) groups excluding carboxylic acids is 1. The van der Waals surface area contributed by atoms with Crippen LogP contribution in [0.1, 0.15) is 57.9 Å². The molecule has 0 aliphatic heterocycles. The van der Waals surface area contributed by atoms with Crippen LogP contribution in [-0.2, 0) is 22.5 Å². The van der Waals surface area contributed by atoms with E-state index in [0.717, 1.165) is 18.5 Å². The second kappa shape index (κ2) is 7.77. The number of hydrogen-bond acceptors (Lipinski definition) is 5. The smallest absolute Gasteiger partial charge is 0.306 e. The van der Waals surface area contributed by atoms with E-state index in [9.17, 15) is 4.79 Å². The van der Waals surface area contributed by atoms with E-state index in [-0.39, 0.29) is 12.1 Å². The molecule has 1 aliphatic rings. The normalized spacial score (nSPS) is 25.4. The summed E-state index contributed by atoms with van der Waals surface area (Å²) in [5.74, 6) is 2.17. The minimum Gasteiger partial charge on any atom is -0.462 e. The van der Waals surface area contributed by atoms with Crippen molar-refractivity contribution in [3.05, 3.63) is 17.5 Å². The Kier molecular flexibility index (Phi) is 6.00. The zero-order valence-electron chi connectivity index (χ0n) is 13.9. The van der Waals surface area contributed by atoms with Crippen LogP contribution >= 0.6 is 0 Å². The maximum absolute atomic E-state index is 12.1. The van der Waals surface area contributed by atoms with Crippen LogP contribution in [0.15, 0.2) is 10.6 Å². The number of carbonyl (C=O) groups is 1. The number of nitrogens with zero attached hydrogens (tertiary/aromatic N) is 1. The SMILES string of the molecule is CC1CCC(C(C)C)C(OC(=O)CCc2cc(CN)on2)C1. The van der Waals surface area contributed by atoms with Crippen LogP contribution in [0.4, 0.5) is 0 Å². The first-order valence-corrected chi connectivity index (χ1v) is 8.33. The van der Waals surface area contributed by atoms with Crippen LogP contribution in [0.3, 0.4) is 0 Å². The molecular weight excluding hydrogens is 280 g/mol. The second-order valence-electron chi connectivity index (χ2n) is 6.84. The van der Waals surface area contributed by atoms with Crippen LogP contribution < -0.4 is 5.73 Å². The molecule has 1 fully saturated rings. The third-order valence-electron chi connectivity index (χ3n) is 4.64. The van der Waals surface area contributed by atoms with Gasteiger partial charge in [-0.25, -0.2) is 0 Å². The lowest BCUT2D eigenvalue weighted by Gasteiger charge is -2.36. The molecule has 0 saturated heterocycles. The third kappa shape index (κ3) is 4.57. The zero-order valence-corrected chi connectivity index (χ0v) is 13.9. The van der Waals surface area contributed by atoms with Crippen molar-refractivity contribution >= 4 is 5.97 Å². The molecular formula is C17H28N2O3. The first-order chi connectivity index (χ1) is 10.5. The quantitative estimate of drug-likeness (QED) is 0.817. The Morgan fingerprint density at radius 1 is 1.50 bits per heavy atom. The number of hydrogen-bond donors (Lipinski definition) is 1. The second-order valence-corrected chi connectivity index (χ2v) is 6.84. The van der Waals surface area contributed by atoms with E-state index in [2.05, 4.69) is 25.9 Å². The number of aromatic nitrogens is 1. The fourth-order valence-corrected chi connectivity index (χ4v) is 3.28.